The van der Waals surface area contributed by atoms with Crippen molar-refractivity contribution in [1.29, 1.82) is 0 Å². The number of aromatic nitrogens is 1. The number of benzene rings is 2. The van der Waals surface area contributed by atoms with Gasteiger partial charge in [-0.15, -0.1) is 11.3 Å². The normalized spacial score (nSPS) is 10.7. The van der Waals surface area contributed by atoms with Gasteiger partial charge in [0.25, 0.3) is 5.91 Å². The Balaban J connectivity index is 1.37. The highest BCUT2D eigenvalue weighted by Crippen LogP contribution is 2.29. The highest BCUT2D eigenvalue weighted by molar-refractivity contribution is 7.12. The first-order chi connectivity index (χ1) is 17.8. The van der Waals surface area contributed by atoms with Crippen molar-refractivity contribution in [2.24, 2.45) is 0 Å². The van der Waals surface area contributed by atoms with Gasteiger partial charge < -0.3 is 10.1 Å². The van der Waals surface area contributed by atoms with Crippen molar-refractivity contribution < 1.29 is 23.5 Å². The number of nitrogens with zero attached hydrogens (tertiary/aromatic N) is 1. The van der Waals surface area contributed by atoms with E-state index in [1.165, 1.54) is 24.3 Å². The van der Waals surface area contributed by atoms with Gasteiger partial charge in [0.05, 0.1) is 17.1 Å². The van der Waals surface area contributed by atoms with E-state index in [9.17, 15) is 18.8 Å². The molecule has 2 heterocycles. The molecule has 0 aliphatic rings. The molecule has 8 heteroatoms. The number of carbonyl (C=O) groups excluding carboxylic acids is 3. The Morgan fingerprint density at radius 3 is 2.51 bits per heavy atom. The number of pyridine rings is 1. The summed E-state index contributed by atoms with van der Waals surface area (Å²) in [5.74, 6) is 0.303. The van der Waals surface area contributed by atoms with Crippen LogP contribution in [0.5, 0.6) is 11.5 Å². The zero-order chi connectivity index (χ0) is 26.4. The van der Waals surface area contributed by atoms with Crippen molar-refractivity contribution in [3.05, 3.63) is 99.6 Å². The van der Waals surface area contributed by atoms with Crippen LogP contribution in [0.4, 0.5) is 4.39 Å². The smallest absolute Gasteiger partial charge is 0.261 e. The predicted octanol–water partition coefficient (Wildman–Crippen LogP) is 5.72. The number of hydrogen-bond acceptors (Lipinski definition) is 6. The van der Waals surface area contributed by atoms with Crippen molar-refractivity contribution in [3.8, 4) is 22.8 Å². The number of aryl methyl sites for hydroxylation is 1. The van der Waals surface area contributed by atoms with Crippen molar-refractivity contribution >= 4 is 28.8 Å². The number of rotatable bonds is 10. The maximum Gasteiger partial charge on any atom is 0.261 e. The molecule has 0 aliphatic heterocycles. The molecule has 0 atom stereocenters. The quantitative estimate of drug-likeness (QED) is 0.291. The molecule has 188 valence electrons. The summed E-state index contributed by atoms with van der Waals surface area (Å²) in [7, 11) is 0. The number of Topliss-reactive ketones (excluding diaryl/α,β-unsaturated/α-hetero) is 2. The first-order valence-electron chi connectivity index (χ1n) is 11.6. The minimum Gasteiger partial charge on any atom is -0.457 e. The molecule has 4 rings (SSSR count). The van der Waals surface area contributed by atoms with E-state index >= 15 is 0 Å². The van der Waals surface area contributed by atoms with Crippen molar-refractivity contribution in [2.75, 3.05) is 6.54 Å². The lowest BCUT2D eigenvalue weighted by atomic mass is 10.0. The fourth-order valence-electron chi connectivity index (χ4n) is 3.67. The standard InChI is InChI=1S/C29H25FN2O4S/c1-18-3-8-26(30)21(11-18)13-23(34)12-20-4-6-24(7-5-20)36-25-9-10-31-27(15-25)22-14-28(37-17-22)29(35)32-16-19(2)33/h3-11,14-15,17H,12-13,16H2,1-2H3,(H,32,35). The maximum absolute atomic E-state index is 14.0. The number of ketones is 2. The van der Waals surface area contributed by atoms with Gasteiger partial charge in [-0.2, -0.15) is 0 Å². The summed E-state index contributed by atoms with van der Waals surface area (Å²) < 4.78 is 19.9. The van der Waals surface area contributed by atoms with Crippen LogP contribution in [0.15, 0.2) is 72.2 Å². The van der Waals surface area contributed by atoms with Crippen LogP contribution in [-0.4, -0.2) is 29.0 Å². The van der Waals surface area contributed by atoms with Crippen LogP contribution in [0.25, 0.3) is 11.3 Å². The van der Waals surface area contributed by atoms with E-state index in [1.807, 2.05) is 24.4 Å². The number of thiophene rings is 1. The number of nitrogens with one attached hydrogen (secondary N) is 1. The Bertz CT molecular complexity index is 1450. The van der Waals surface area contributed by atoms with Gasteiger partial charge in [0.2, 0.25) is 0 Å². The Morgan fingerprint density at radius 1 is 0.973 bits per heavy atom. The first kappa shape index (κ1) is 25.9. The zero-order valence-electron chi connectivity index (χ0n) is 20.4. The minimum atomic E-state index is -0.366. The summed E-state index contributed by atoms with van der Waals surface area (Å²) >= 11 is 1.27. The third-order valence-electron chi connectivity index (χ3n) is 5.50. The first-order valence-corrected chi connectivity index (χ1v) is 12.5. The molecule has 0 spiro atoms. The molecule has 4 aromatic rings. The van der Waals surface area contributed by atoms with Crippen molar-refractivity contribution in [1.82, 2.24) is 10.3 Å². The topological polar surface area (TPSA) is 85.4 Å². The lowest BCUT2D eigenvalue weighted by molar-refractivity contribution is -0.118. The van der Waals surface area contributed by atoms with E-state index in [0.29, 0.717) is 27.6 Å². The van der Waals surface area contributed by atoms with E-state index < -0.39 is 0 Å². The zero-order valence-corrected chi connectivity index (χ0v) is 21.2. The molecular formula is C29H25FN2O4S. The van der Waals surface area contributed by atoms with E-state index in [-0.39, 0.29) is 42.7 Å². The SMILES string of the molecule is CC(=O)CNC(=O)c1cc(-c2cc(Oc3ccc(CC(=O)Cc4cc(C)ccc4F)cc3)ccn2)cs1. The molecule has 6 nitrogen and oxygen atoms in total. The molecule has 0 saturated heterocycles. The number of halogens is 1. The Kier molecular flexibility index (Phi) is 8.20. The fourth-order valence-corrected chi connectivity index (χ4v) is 4.48. The van der Waals surface area contributed by atoms with E-state index in [2.05, 4.69) is 10.3 Å². The molecule has 2 aromatic heterocycles. The number of hydrogen-bond donors (Lipinski definition) is 1. The van der Waals surface area contributed by atoms with Gasteiger partial charge in [-0.25, -0.2) is 4.39 Å². The van der Waals surface area contributed by atoms with Crippen molar-refractivity contribution in [3.63, 3.8) is 0 Å². The van der Waals surface area contributed by atoms with Crippen LogP contribution >= 0.6 is 11.3 Å². The van der Waals surface area contributed by atoms with E-state index in [4.69, 9.17) is 4.74 Å². The number of carbonyl (C=O) groups is 3. The van der Waals surface area contributed by atoms with Gasteiger partial charge >= 0.3 is 0 Å². The van der Waals surface area contributed by atoms with Gasteiger partial charge in [0.1, 0.15) is 28.9 Å². The predicted molar refractivity (Wildman–Crippen MR) is 141 cm³/mol. The van der Waals surface area contributed by atoms with E-state index in [1.54, 1.807) is 48.7 Å². The van der Waals surface area contributed by atoms with Crippen LogP contribution in [0.2, 0.25) is 0 Å². The summed E-state index contributed by atoms with van der Waals surface area (Å²) in [6.45, 7) is 3.27. The average molecular weight is 517 g/mol. The Morgan fingerprint density at radius 2 is 1.76 bits per heavy atom. The second-order valence-electron chi connectivity index (χ2n) is 8.69. The van der Waals surface area contributed by atoms with E-state index in [0.717, 1.165) is 16.7 Å². The number of amides is 1. The second-order valence-corrected chi connectivity index (χ2v) is 9.61. The fraction of sp³-hybridized carbons (Fsp3) is 0.172. The molecule has 0 aliphatic carbocycles. The molecule has 37 heavy (non-hydrogen) atoms. The monoisotopic (exact) mass is 516 g/mol. The highest BCUT2D eigenvalue weighted by atomic mass is 32.1. The van der Waals surface area contributed by atoms with Gasteiger partial charge in [0, 0.05) is 36.0 Å². The third-order valence-corrected chi connectivity index (χ3v) is 6.43. The molecule has 0 saturated carbocycles. The summed E-state index contributed by atoms with van der Waals surface area (Å²) in [6.07, 6.45) is 1.87. The molecule has 0 bridgehead atoms. The third kappa shape index (κ3) is 7.17. The average Bonchev–Trinajstić information content (AvgIpc) is 3.37. The van der Waals surface area contributed by atoms with Crippen LogP contribution in [0.3, 0.4) is 0 Å². The molecule has 2 aromatic carbocycles. The molecular weight excluding hydrogens is 491 g/mol. The molecule has 0 unspecified atom stereocenters. The molecule has 1 N–H and O–H groups in total. The summed E-state index contributed by atoms with van der Waals surface area (Å²) in [5, 5.41) is 4.40. The van der Waals surface area contributed by atoms with Gasteiger partial charge in [-0.05, 0) is 55.3 Å². The lowest BCUT2D eigenvalue weighted by Gasteiger charge is -2.08. The summed E-state index contributed by atoms with van der Waals surface area (Å²) in [5.41, 5.74) is 3.55. The van der Waals surface area contributed by atoms with Crippen LogP contribution in [0.1, 0.15) is 33.3 Å². The Labute approximate surface area is 218 Å². The molecule has 1 amide bonds. The van der Waals surface area contributed by atoms with Crippen LogP contribution in [0, 0.1) is 12.7 Å². The molecule has 0 fully saturated rings. The van der Waals surface area contributed by atoms with Crippen LogP contribution < -0.4 is 10.1 Å². The van der Waals surface area contributed by atoms with Gasteiger partial charge in [0.15, 0.2) is 0 Å². The van der Waals surface area contributed by atoms with Gasteiger partial charge in [-0.3, -0.25) is 19.4 Å². The summed E-state index contributed by atoms with van der Waals surface area (Å²) in [4.78, 5) is 40.6. The van der Waals surface area contributed by atoms with Gasteiger partial charge in [-0.1, -0.05) is 29.8 Å². The maximum atomic E-state index is 14.0. The lowest BCUT2D eigenvalue weighted by Crippen LogP contribution is -2.27. The second kappa shape index (κ2) is 11.7. The molecule has 0 radical (unpaired) electrons. The highest BCUT2D eigenvalue weighted by Gasteiger charge is 2.13. The number of ether oxygens (including phenoxy) is 1. The Hall–Kier alpha value is -4.17. The van der Waals surface area contributed by atoms with Crippen LogP contribution in [-0.2, 0) is 22.4 Å². The minimum absolute atomic E-state index is 0.00807. The summed E-state index contributed by atoms with van der Waals surface area (Å²) in [6, 6.07) is 17.2. The largest absolute Gasteiger partial charge is 0.457 e. The van der Waals surface area contributed by atoms with Crippen molar-refractivity contribution in [2.45, 2.75) is 26.7 Å².